The fourth-order valence-electron chi connectivity index (χ4n) is 2.74. The van der Waals surface area contributed by atoms with Gasteiger partial charge in [-0.15, -0.1) is 11.8 Å². The second-order valence-corrected chi connectivity index (χ2v) is 6.66. The van der Waals surface area contributed by atoms with E-state index in [1.165, 1.54) is 16.7 Å². The topological polar surface area (TPSA) is 59.5 Å². The molecule has 2 heterocycles. The Hall–Kier alpha value is -2.60. The van der Waals surface area contributed by atoms with E-state index in [2.05, 4.69) is 4.98 Å². The van der Waals surface area contributed by atoms with Gasteiger partial charge in [-0.05, 0) is 29.5 Å². The average Bonchev–Trinajstić information content (AvgIpc) is 2.87. The largest absolute Gasteiger partial charge is 0.496 e. The number of carbonyl (C=O) groups is 2. The van der Waals surface area contributed by atoms with Gasteiger partial charge in [0.2, 0.25) is 0 Å². The van der Waals surface area contributed by atoms with Crippen LogP contribution in [0.1, 0.15) is 18.1 Å². The lowest BCUT2D eigenvalue weighted by Crippen LogP contribution is -2.31. The number of thioether (sulfide) groups is 1. The Morgan fingerprint density at radius 3 is 2.48 bits per heavy atom. The molecule has 0 bridgehead atoms. The number of aromatic nitrogens is 1. The first kappa shape index (κ1) is 17.2. The predicted octanol–water partition coefficient (Wildman–Crippen LogP) is 3.12. The molecule has 0 N–H and O–H groups in total. The van der Waals surface area contributed by atoms with E-state index in [0.717, 1.165) is 5.56 Å². The Morgan fingerprint density at radius 1 is 1.08 bits per heavy atom. The van der Waals surface area contributed by atoms with Crippen LogP contribution < -0.4 is 4.74 Å². The first-order chi connectivity index (χ1) is 12.2. The summed E-state index contributed by atoms with van der Waals surface area (Å²) >= 11 is 1.39. The van der Waals surface area contributed by atoms with Crippen LogP contribution in [0.15, 0.2) is 53.7 Å². The van der Waals surface area contributed by atoms with Gasteiger partial charge < -0.3 is 4.74 Å². The van der Waals surface area contributed by atoms with Crippen LogP contribution in [0, 0.1) is 0 Å². The zero-order valence-corrected chi connectivity index (χ0v) is 14.9. The number of nitrogens with zero attached hydrogens (tertiary/aromatic N) is 2. The van der Waals surface area contributed by atoms with Crippen molar-refractivity contribution in [3.8, 4) is 5.75 Å². The summed E-state index contributed by atoms with van der Waals surface area (Å²) in [5, 5.41) is 0. The van der Waals surface area contributed by atoms with Crippen molar-refractivity contribution >= 4 is 29.1 Å². The summed E-state index contributed by atoms with van der Waals surface area (Å²) < 4.78 is 5.39. The third-order valence-corrected chi connectivity index (χ3v) is 4.84. The van der Waals surface area contributed by atoms with Gasteiger partial charge in [0.15, 0.2) is 0 Å². The number of para-hydroxylation sites is 1. The number of pyridine rings is 1. The summed E-state index contributed by atoms with van der Waals surface area (Å²) in [7, 11) is 1.56. The van der Waals surface area contributed by atoms with E-state index in [4.69, 9.17) is 4.74 Å². The summed E-state index contributed by atoms with van der Waals surface area (Å²) in [5.74, 6) is 0.742. The molecule has 1 aliphatic rings. The number of amides is 2. The summed E-state index contributed by atoms with van der Waals surface area (Å²) in [5.41, 5.74) is 1.93. The molecular weight excluding hydrogens is 336 g/mol. The van der Waals surface area contributed by atoms with Crippen LogP contribution in [0.5, 0.6) is 5.75 Å². The SMILES string of the molecule is CCSC1=C(c2ccccc2OC)C(=O)N(Cc2ccncc2)C1=O. The molecule has 5 nitrogen and oxygen atoms in total. The van der Waals surface area contributed by atoms with E-state index >= 15 is 0 Å². The quantitative estimate of drug-likeness (QED) is 0.746. The second kappa shape index (κ2) is 7.53. The van der Waals surface area contributed by atoms with E-state index in [1.54, 1.807) is 37.7 Å². The second-order valence-electron chi connectivity index (χ2n) is 5.39. The third-order valence-electron chi connectivity index (χ3n) is 3.88. The van der Waals surface area contributed by atoms with Gasteiger partial charge in [0, 0.05) is 18.0 Å². The summed E-state index contributed by atoms with van der Waals surface area (Å²) in [6, 6.07) is 10.9. The monoisotopic (exact) mass is 354 g/mol. The van der Waals surface area contributed by atoms with Crippen molar-refractivity contribution in [3.63, 3.8) is 0 Å². The zero-order valence-electron chi connectivity index (χ0n) is 14.1. The van der Waals surface area contributed by atoms with Crippen molar-refractivity contribution in [3.05, 3.63) is 64.8 Å². The van der Waals surface area contributed by atoms with Crippen molar-refractivity contribution in [1.29, 1.82) is 0 Å². The van der Waals surface area contributed by atoms with Crippen LogP contribution in [0.2, 0.25) is 0 Å². The molecule has 0 fully saturated rings. The smallest absolute Gasteiger partial charge is 0.268 e. The molecule has 0 spiro atoms. The van der Waals surface area contributed by atoms with E-state index in [-0.39, 0.29) is 18.4 Å². The maximum absolute atomic E-state index is 13.0. The minimum absolute atomic E-state index is 0.229. The predicted molar refractivity (Wildman–Crippen MR) is 97.8 cm³/mol. The van der Waals surface area contributed by atoms with E-state index < -0.39 is 0 Å². The summed E-state index contributed by atoms with van der Waals surface area (Å²) in [6.07, 6.45) is 3.30. The van der Waals surface area contributed by atoms with Gasteiger partial charge in [0.25, 0.3) is 11.8 Å². The van der Waals surface area contributed by atoms with Crippen molar-refractivity contribution in [2.45, 2.75) is 13.5 Å². The van der Waals surface area contributed by atoms with Crippen LogP contribution in [-0.2, 0) is 16.1 Å². The number of imide groups is 1. The molecule has 0 unspecified atom stereocenters. The van der Waals surface area contributed by atoms with Crippen molar-refractivity contribution in [2.24, 2.45) is 0 Å². The molecule has 0 atom stereocenters. The normalized spacial score (nSPS) is 14.4. The van der Waals surface area contributed by atoms with Crippen molar-refractivity contribution in [2.75, 3.05) is 12.9 Å². The molecule has 0 aliphatic carbocycles. The van der Waals surface area contributed by atoms with E-state index in [9.17, 15) is 9.59 Å². The van der Waals surface area contributed by atoms with Crippen LogP contribution in [-0.4, -0.2) is 34.6 Å². The number of ether oxygens (including phenoxy) is 1. The highest BCUT2D eigenvalue weighted by molar-refractivity contribution is 8.04. The average molecular weight is 354 g/mol. The first-order valence-electron chi connectivity index (χ1n) is 7.93. The highest BCUT2D eigenvalue weighted by Crippen LogP contribution is 2.39. The van der Waals surface area contributed by atoms with Gasteiger partial charge in [-0.3, -0.25) is 19.5 Å². The molecule has 2 amide bonds. The molecule has 1 aromatic heterocycles. The lowest BCUT2D eigenvalue weighted by Gasteiger charge is -2.15. The van der Waals surface area contributed by atoms with Crippen LogP contribution >= 0.6 is 11.8 Å². The van der Waals surface area contributed by atoms with Crippen LogP contribution in [0.4, 0.5) is 0 Å². The molecule has 1 aliphatic heterocycles. The molecule has 6 heteroatoms. The lowest BCUT2D eigenvalue weighted by molar-refractivity contribution is -0.137. The molecular formula is C19H18N2O3S. The van der Waals surface area contributed by atoms with Gasteiger partial charge in [-0.2, -0.15) is 0 Å². The molecule has 0 saturated heterocycles. The molecule has 1 aromatic carbocycles. The molecule has 2 aromatic rings. The molecule has 0 saturated carbocycles. The fourth-order valence-corrected chi connectivity index (χ4v) is 3.60. The lowest BCUT2D eigenvalue weighted by atomic mass is 10.0. The highest BCUT2D eigenvalue weighted by atomic mass is 32.2. The number of rotatable bonds is 6. The Morgan fingerprint density at radius 2 is 1.80 bits per heavy atom. The number of benzene rings is 1. The number of hydrogen-bond donors (Lipinski definition) is 0. The van der Waals surface area contributed by atoms with E-state index in [0.29, 0.717) is 27.5 Å². The fraction of sp³-hybridized carbons (Fsp3) is 0.211. The highest BCUT2D eigenvalue weighted by Gasteiger charge is 2.39. The number of carbonyl (C=O) groups excluding carboxylic acids is 2. The van der Waals surface area contributed by atoms with Crippen LogP contribution in [0.3, 0.4) is 0 Å². The van der Waals surface area contributed by atoms with Gasteiger partial charge >= 0.3 is 0 Å². The maximum Gasteiger partial charge on any atom is 0.268 e. The minimum Gasteiger partial charge on any atom is -0.496 e. The Balaban J connectivity index is 2.02. The molecule has 128 valence electrons. The Bertz CT molecular complexity index is 834. The summed E-state index contributed by atoms with van der Waals surface area (Å²) in [6.45, 7) is 2.19. The standard InChI is InChI=1S/C19H18N2O3S/c1-3-25-17-16(14-6-4-5-7-15(14)24-2)18(22)21(19(17)23)12-13-8-10-20-11-9-13/h4-11H,3,12H2,1-2H3. The third kappa shape index (κ3) is 3.30. The maximum atomic E-state index is 13.0. The van der Waals surface area contributed by atoms with E-state index in [1.807, 2.05) is 25.1 Å². The van der Waals surface area contributed by atoms with Gasteiger partial charge in [-0.1, -0.05) is 25.1 Å². The van der Waals surface area contributed by atoms with Crippen molar-refractivity contribution < 1.29 is 14.3 Å². The Kier molecular flexibility index (Phi) is 5.19. The molecule has 25 heavy (non-hydrogen) atoms. The molecule has 0 radical (unpaired) electrons. The number of methoxy groups -OCH3 is 1. The van der Waals surface area contributed by atoms with Crippen LogP contribution in [0.25, 0.3) is 5.57 Å². The molecule has 3 rings (SSSR count). The Labute approximate surface area is 150 Å². The van der Waals surface area contributed by atoms with Gasteiger partial charge in [0.05, 0.1) is 24.1 Å². The van der Waals surface area contributed by atoms with Crippen molar-refractivity contribution in [1.82, 2.24) is 9.88 Å². The summed E-state index contributed by atoms with van der Waals surface area (Å²) in [4.78, 5) is 31.6. The zero-order chi connectivity index (χ0) is 17.8. The number of hydrogen-bond acceptors (Lipinski definition) is 5. The van der Waals surface area contributed by atoms with Gasteiger partial charge in [-0.25, -0.2) is 0 Å². The first-order valence-corrected chi connectivity index (χ1v) is 8.91. The van der Waals surface area contributed by atoms with Gasteiger partial charge in [0.1, 0.15) is 5.75 Å². The minimum atomic E-state index is -0.290.